The first-order valence-corrected chi connectivity index (χ1v) is 15.6. The van der Waals surface area contributed by atoms with Crippen molar-refractivity contribution in [3.8, 4) is 0 Å². The van der Waals surface area contributed by atoms with Crippen LogP contribution < -0.4 is 0 Å². The van der Waals surface area contributed by atoms with Crippen molar-refractivity contribution < 1.29 is 132 Å². The molecule has 314 valence electrons. The molecule has 0 saturated carbocycles. The van der Waals surface area contributed by atoms with Crippen molar-refractivity contribution in [2.75, 3.05) is 0 Å². The summed E-state index contributed by atoms with van der Waals surface area (Å²) in [6.45, 7) is 0. The summed E-state index contributed by atoms with van der Waals surface area (Å²) in [5.74, 6) is -41.5. The molecule has 0 bridgehead atoms. The van der Waals surface area contributed by atoms with Gasteiger partial charge in [0.2, 0.25) is 0 Å². The van der Waals surface area contributed by atoms with Gasteiger partial charge in [-0.05, 0) is 18.9 Å². The Balaban J connectivity index is 7.62. The Hall–Kier alpha value is -1.88. The van der Waals surface area contributed by atoms with Crippen LogP contribution >= 0.6 is 0 Å². The first kappa shape index (κ1) is 50.1. The van der Waals surface area contributed by atoms with Crippen LogP contribution in [0.25, 0.3) is 0 Å². The summed E-state index contributed by atoms with van der Waals surface area (Å²) in [6.07, 6.45) is -57.1. The summed E-state index contributed by atoms with van der Waals surface area (Å²) in [7, 11) is -6.57. The monoisotopic (exact) mass is 866 g/mol. The molecule has 0 rings (SSSR count). The smallest absolute Gasteiger partial charge is 0.224 e. The molecule has 31 heteroatoms. The summed E-state index contributed by atoms with van der Waals surface area (Å²) < 4.78 is 399. The Morgan fingerprint density at radius 3 is 0.750 bits per heavy atom. The van der Waals surface area contributed by atoms with E-state index in [0.717, 1.165) is 0 Å². The second kappa shape index (κ2) is 14.0. The lowest BCUT2D eigenvalue weighted by Crippen LogP contribution is -2.70. The zero-order chi connectivity index (χ0) is 42.7. The van der Waals surface area contributed by atoms with E-state index in [2.05, 4.69) is 0 Å². The van der Waals surface area contributed by atoms with Gasteiger partial charge in [-0.2, -0.15) is 123 Å². The fourth-order valence-corrected chi connectivity index (χ4v) is 9.21. The van der Waals surface area contributed by atoms with Crippen molar-refractivity contribution in [2.45, 2.75) is 128 Å². The third-order valence-corrected chi connectivity index (χ3v) is 12.9. The Bertz CT molecular complexity index is 1100. The van der Waals surface area contributed by atoms with Crippen molar-refractivity contribution in [2.24, 2.45) is 0 Å². The number of halogens is 30. The van der Waals surface area contributed by atoms with Crippen LogP contribution in [0.2, 0.25) is 24.2 Å². The summed E-state index contributed by atoms with van der Waals surface area (Å²) in [5.41, 5.74) is -13.6. The lowest BCUT2D eigenvalue weighted by atomic mass is 9.93. The fraction of sp³-hybridized carbons (Fsp3) is 1.00. The van der Waals surface area contributed by atoms with E-state index >= 15 is 0 Å². The van der Waals surface area contributed by atoms with Crippen LogP contribution in [0.5, 0.6) is 0 Å². The SMILES string of the molecule is FC(F)(F)CC[Si](CCC(F)(F)C(F)(F)C(F)(F)C(F)(F)C(F)(F)C(F)(F)F)(CCC(F)(C(F)(F)F)C(F)(F)F)CCC(F)(C(F)(F)F)C(F)(F)F. The van der Waals surface area contributed by atoms with Crippen molar-refractivity contribution in [3.05, 3.63) is 0 Å². The summed E-state index contributed by atoms with van der Waals surface area (Å²) in [4.78, 5) is 0. The van der Waals surface area contributed by atoms with Crippen molar-refractivity contribution in [1.82, 2.24) is 0 Å². The van der Waals surface area contributed by atoms with Crippen molar-refractivity contribution in [1.29, 1.82) is 0 Å². The third kappa shape index (κ3) is 9.31. The van der Waals surface area contributed by atoms with E-state index < -0.39 is 136 Å². The molecule has 0 amide bonds. The predicted molar refractivity (Wildman–Crippen MR) is 112 cm³/mol. The highest BCUT2D eigenvalue weighted by Gasteiger charge is 2.90. The number of rotatable bonds is 15. The van der Waals surface area contributed by atoms with Gasteiger partial charge in [-0.15, -0.1) is 0 Å². The first-order valence-electron chi connectivity index (χ1n) is 12.7. The van der Waals surface area contributed by atoms with Crippen LogP contribution in [0.3, 0.4) is 0 Å². The largest absolute Gasteiger partial charge is 0.460 e. The average Bonchev–Trinajstić information content (AvgIpc) is 2.87. The summed E-state index contributed by atoms with van der Waals surface area (Å²) >= 11 is 0. The molecule has 0 nitrogen and oxygen atoms in total. The molecule has 0 radical (unpaired) electrons. The molecular weight excluding hydrogens is 850 g/mol. The van der Waals surface area contributed by atoms with Crippen molar-refractivity contribution >= 4 is 8.07 Å². The molecule has 0 aromatic rings. The quantitative estimate of drug-likeness (QED) is 0.114. The zero-order valence-electron chi connectivity index (χ0n) is 24.0. The Morgan fingerprint density at radius 2 is 0.500 bits per heavy atom. The molecule has 0 aliphatic rings. The van der Waals surface area contributed by atoms with E-state index in [1.165, 1.54) is 0 Å². The molecule has 0 atom stereocenters. The van der Waals surface area contributed by atoms with E-state index in [4.69, 9.17) is 0 Å². The molecule has 0 aliphatic carbocycles. The maximum atomic E-state index is 14.5. The molecule has 0 unspecified atom stereocenters. The van der Waals surface area contributed by atoms with Gasteiger partial charge in [0.1, 0.15) is 0 Å². The summed E-state index contributed by atoms with van der Waals surface area (Å²) in [6, 6.07) is -11.6. The van der Waals surface area contributed by atoms with Gasteiger partial charge in [-0.1, -0.05) is 18.1 Å². The van der Waals surface area contributed by atoms with Gasteiger partial charge < -0.3 is 0 Å². The molecule has 52 heavy (non-hydrogen) atoms. The lowest BCUT2D eigenvalue weighted by molar-refractivity contribution is -0.439. The number of hydrogen-bond donors (Lipinski definition) is 0. The van der Waals surface area contributed by atoms with Gasteiger partial charge in [-0.3, -0.25) is 0 Å². The Labute approximate surface area is 268 Å². The molecule has 0 aliphatic heterocycles. The van der Waals surface area contributed by atoms with Crippen molar-refractivity contribution in [3.63, 3.8) is 0 Å². The highest BCUT2D eigenvalue weighted by atomic mass is 28.3. The molecule has 0 aromatic carbocycles. The van der Waals surface area contributed by atoms with Crippen LogP contribution in [-0.4, -0.2) is 86.1 Å². The summed E-state index contributed by atoms with van der Waals surface area (Å²) in [5, 5.41) is 0. The van der Waals surface area contributed by atoms with E-state index in [1.807, 2.05) is 0 Å². The van der Waals surface area contributed by atoms with E-state index in [-0.39, 0.29) is 0 Å². The Kier molecular flexibility index (Phi) is 13.5. The van der Waals surface area contributed by atoms with Crippen LogP contribution in [-0.2, 0) is 0 Å². The van der Waals surface area contributed by atoms with Crippen LogP contribution in [0.4, 0.5) is 132 Å². The first-order chi connectivity index (χ1) is 22.1. The molecule has 0 saturated heterocycles. The molecule has 0 aromatic heterocycles. The molecule has 0 N–H and O–H groups in total. The highest BCUT2D eigenvalue weighted by molar-refractivity contribution is 6.80. The standard InChI is InChI=1S/C21H16F30Si/c22-9(17(37,38)39,18(40,41)42)1-5-52(8-4-12(26,27)28,6-2-10(23,19(43,44)45)20(46,47)48)7-3-11(24,25)13(29,30)14(31,32)15(33,34)16(35,36)21(49,50)51/h1-8H2. The van der Waals surface area contributed by atoms with Gasteiger partial charge in [0.15, 0.2) is 0 Å². The van der Waals surface area contributed by atoms with E-state index in [0.29, 0.717) is 0 Å². The van der Waals surface area contributed by atoms with Gasteiger partial charge in [0, 0.05) is 12.8 Å². The highest BCUT2D eigenvalue weighted by Crippen LogP contribution is 2.62. The van der Waals surface area contributed by atoms with Crippen LogP contribution in [0.1, 0.15) is 25.7 Å². The van der Waals surface area contributed by atoms with Crippen LogP contribution in [0, 0.1) is 0 Å². The van der Waals surface area contributed by atoms with E-state index in [9.17, 15) is 132 Å². The molecule has 0 heterocycles. The average molecular weight is 866 g/mol. The second-order valence-electron chi connectivity index (χ2n) is 11.2. The predicted octanol–water partition coefficient (Wildman–Crippen LogP) is 13.0. The minimum Gasteiger partial charge on any atom is -0.224 e. The van der Waals surface area contributed by atoms with Crippen LogP contribution in [0.15, 0.2) is 0 Å². The minimum absolute atomic E-state index is 2.64. The lowest BCUT2D eigenvalue weighted by Gasteiger charge is -2.42. The number of alkyl halides is 30. The van der Waals surface area contributed by atoms with E-state index in [1.54, 1.807) is 0 Å². The minimum atomic E-state index is -8.67. The number of hydrogen-bond acceptors (Lipinski definition) is 0. The molecule has 0 fully saturated rings. The normalized spacial score (nSPS) is 16.5. The molecular formula is C21H16F30Si. The maximum Gasteiger partial charge on any atom is 0.460 e. The fourth-order valence-electron chi connectivity index (χ4n) is 4.30. The van der Waals surface area contributed by atoms with Gasteiger partial charge >= 0.3 is 66.7 Å². The topological polar surface area (TPSA) is 0 Å². The third-order valence-electron chi connectivity index (χ3n) is 7.70. The van der Waals surface area contributed by atoms with Gasteiger partial charge in [0.05, 0.1) is 8.07 Å². The maximum absolute atomic E-state index is 14.5. The van der Waals surface area contributed by atoms with Gasteiger partial charge in [0.25, 0.3) is 11.3 Å². The molecule has 0 spiro atoms. The van der Waals surface area contributed by atoms with Gasteiger partial charge in [-0.25, -0.2) is 8.78 Å². The second-order valence-corrected chi connectivity index (χ2v) is 16.2. The Morgan fingerprint density at radius 1 is 0.250 bits per heavy atom. The zero-order valence-corrected chi connectivity index (χ0v) is 25.0.